The number of hydrogen-bond acceptors (Lipinski definition) is 4. The number of rotatable bonds is 1. The lowest BCUT2D eigenvalue weighted by molar-refractivity contribution is 0.00348. The Labute approximate surface area is 170 Å². The van der Waals surface area contributed by atoms with Gasteiger partial charge in [0.05, 0.1) is 6.04 Å². The number of carbonyl (C=O) groups excluding carboxylic acids is 1. The molecule has 0 fully saturated rings. The minimum absolute atomic E-state index is 0.612. The third kappa shape index (κ3) is 2.65. The van der Waals surface area contributed by atoms with Gasteiger partial charge in [-0.05, 0) is 35.1 Å². The lowest BCUT2D eigenvalue weighted by Crippen LogP contribution is -2.56. The van der Waals surface area contributed by atoms with E-state index >= 15 is 0 Å². The van der Waals surface area contributed by atoms with Crippen molar-refractivity contribution in [1.82, 2.24) is 4.68 Å². The van der Waals surface area contributed by atoms with Crippen molar-refractivity contribution in [3.63, 3.8) is 0 Å². The van der Waals surface area contributed by atoms with E-state index in [-0.39, 0.29) is 0 Å². The van der Waals surface area contributed by atoms with Crippen LogP contribution in [-0.4, -0.2) is 28.0 Å². The molecule has 0 saturated heterocycles. The van der Waals surface area contributed by atoms with Crippen molar-refractivity contribution in [2.45, 2.75) is 24.8 Å². The molecule has 7 heteroatoms. The summed E-state index contributed by atoms with van der Waals surface area (Å²) in [6.45, 7) is -0.867. The van der Waals surface area contributed by atoms with Crippen LogP contribution in [0.15, 0.2) is 65.6 Å². The molecule has 1 N–H and O–H groups in total. The topological polar surface area (TPSA) is 62.5 Å². The molecule has 0 amide bonds. The molecule has 0 saturated carbocycles. The van der Waals surface area contributed by atoms with E-state index in [2.05, 4.69) is 0 Å². The van der Waals surface area contributed by atoms with Crippen LogP contribution >= 0.6 is 0 Å². The van der Waals surface area contributed by atoms with Crippen molar-refractivity contribution >= 4 is 5.78 Å². The molecule has 0 bridgehead atoms. The Hall–Kier alpha value is -3.48. The molecule has 0 radical (unpaired) electrons. The smallest absolute Gasteiger partial charge is 0.330 e. The van der Waals surface area contributed by atoms with Crippen LogP contribution in [0.4, 0.5) is 8.78 Å². The molecular formula is C23H18F2N2O3. The summed E-state index contributed by atoms with van der Waals surface area (Å²) in [5.41, 5.74) is 2.23. The summed E-state index contributed by atoms with van der Waals surface area (Å²) in [4.78, 5) is 24.3. The predicted molar refractivity (Wildman–Crippen MR) is 107 cm³/mol. The minimum Gasteiger partial charge on any atom is -0.503 e. The third-order valence-corrected chi connectivity index (χ3v) is 5.90. The minimum atomic E-state index is -3.75. The van der Waals surface area contributed by atoms with Gasteiger partial charge >= 0.3 is 5.92 Å². The molecule has 152 valence electrons. The highest BCUT2D eigenvalue weighted by Gasteiger charge is 2.50. The molecule has 2 aliphatic rings. The fraction of sp³-hybridized carbons (Fsp3) is 0.217. The van der Waals surface area contributed by atoms with Gasteiger partial charge in [-0.3, -0.25) is 19.3 Å². The van der Waals surface area contributed by atoms with Gasteiger partial charge in [-0.25, -0.2) is 0 Å². The maximum Gasteiger partial charge on any atom is 0.330 e. The first-order valence-corrected chi connectivity index (χ1v) is 9.68. The second-order valence-corrected chi connectivity index (χ2v) is 7.65. The van der Waals surface area contributed by atoms with Crippen LogP contribution in [0.1, 0.15) is 38.8 Å². The first kappa shape index (κ1) is 18.5. The summed E-state index contributed by atoms with van der Waals surface area (Å²) >= 11 is 0. The van der Waals surface area contributed by atoms with E-state index in [0.717, 1.165) is 41.2 Å². The van der Waals surface area contributed by atoms with Crippen molar-refractivity contribution in [3.05, 3.63) is 99.0 Å². The zero-order chi connectivity index (χ0) is 21.0. The maximum atomic E-state index is 14.8. The lowest BCUT2D eigenvalue weighted by Gasteiger charge is -2.42. The number of halogens is 2. The Bertz CT molecular complexity index is 1190. The van der Waals surface area contributed by atoms with Gasteiger partial charge in [0.15, 0.2) is 11.4 Å². The second kappa shape index (κ2) is 6.52. The Morgan fingerprint density at radius 1 is 0.900 bits per heavy atom. The van der Waals surface area contributed by atoms with E-state index in [4.69, 9.17) is 0 Å². The third-order valence-electron chi connectivity index (χ3n) is 5.90. The van der Waals surface area contributed by atoms with Crippen LogP contribution in [0.2, 0.25) is 0 Å². The van der Waals surface area contributed by atoms with Gasteiger partial charge in [-0.1, -0.05) is 48.5 Å². The first-order valence-electron chi connectivity index (χ1n) is 9.68. The molecule has 2 aromatic carbocycles. The number of carbonyl (C=O) groups is 1. The number of benzene rings is 2. The summed E-state index contributed by atoms with van der Waals surface area (Å²) in [5, 5.41) is 11.6. The summed E-state index contributed by atoms with van der Waals surface area (Å²) in [6.07, 6.45) is 2.80. The first-order chi connectivity index (χ1) is 14.4. The van der Waals surface area contributed by atoms with Gasteiger partial charge in [0.25, 0.3) is 5.78 Å². The van der Waals surface area contributed by atoms with Gasteiger partial charge < -0.3 is 5.11 Å². The number of pyridine rings is 1. The molecule has 5 rings (SSSR count). The van der Waals surface area contributed by atoms with Crippen molar-refractivity contribution < 1.29 is 18.7 Å². The largest absolute Gasteiger partial charge is 0.503 e. The van der Waals surface area contributed by atoms with E-state index < -0.39 is 41.2 Å². The number of aryl methyl sites for hydroxylation is 2. The van der Waals surface area contributed by atoms with Crippen LogP contribution in [0.5, 0.6) is 5.75 Å². The highest BCUT2D eigenvalue weighted by molar-refractivity contribution is 6.03. The Kier molecular flexibility index (Phi) is 4.03. The van der Waals surface area contributed by atoms with E-state index in [1.807, 2.05) is 48.5 Å². The standard InChI is InChI=1S/C23H18F2N2O3/c24-23(25)13-27(26-12-11-18(28)21(29)20(26)22(23)30)19-16-7-3-1-5-14(16)9-10-15-6-2-4-8-17(15)19/h1-8,11-12,19,29H,9-10,13H2. The molecule has 2 heterocycles. The van der Waals surface area contributed by atoms with Crippen LogP contribution in [0, 0.1) is 0 Å². The normalized spacial score (nSPS) is 17.7. The average molecular weight is 408 g/mol. The Morgan fingerprint density at radius 3 is 2.07 bits per heavy atom. The van der Waals surface area contributed by atoms with Gasteiger partial charge in [-0.15, -0.1) is 0 Å². The number of ketones is 1. The molecule has 1 aliphatic carbocycles. The van der Waals surface area contributed by atoms with Crippen LogP contribution in [0.25, 0.3) is 0 Å². The number of aromatic hydroxyl groups is 1. The fourth-order valence-electron chi connectivity index (χ4n) is 4.50. The van der Waals surface area contributed by atoms with Gasteiger partial charge in [-0.2, -0.15) is 8.78 Å². The summed E-state index contributed by atoms with van der Waals surface area (Å²) < 4.78 is 30.9. The molecule has 5 nitrogen and oxygen atoms in total. The maximum absolute atomic E-state index is 14.8. The number of fused-ring (bicyclic) bond motifs is 3. The van der Waals surface area contributed by atoms with Crippen molar-refractivity contribution in [2.24, 2.45) is 0 Å². The quantitative estimate of drug-likeness (QED) is 0.672. The number of alkyl halides is 2. The SMILES string of the molecule is O=C1c2c(O)c(=O)ccn2N(C2c3ccccc3CCc3ccccc32)CC1(F)F. The van der Waals surface area contributed by atoms with Gasteiger partial charge in [0.1, 0.15) is 6.54 Å². The van der Waals surface area contributed by atoms with Crippen molar-refractivity contribution in [1.29, 1.82) is 0 Å². The second-order valence-electron chi connectivity index (χ2n) is 7.65. The molecule has 3 aromatic rings. The molecule has 0 unspecified atom stereocenters. The number of aromatic nitrogens is 1. The molecular weight excluding hydrogens is 390 g/mol. The molecule has 1 aliphatic heterocycles. The van der Waals surface area contributed by atoms with Crippen molar-refractivity contribution in [3.8, 4) is 5.75 Å². The number of hydrogen-bond donors (Lipinski definition) is 1. The van der Waals surface area contributed by atoms with Gasteiger partial charge in [0.2, 0.25) is 5.43 Å². The molecule has 0 atom stereocenters. The highest BCUT2D eigenvalue weighted by Crippen LogP contribution is 2.40. The Morgan fingerprint density at radius 2 is 1.47 bits per heavy atom. The van der Waals surface area contributed by atoms with Crippen LogP contribution in [0.3, 0.4) is 0 Å². The average Bonchev–Trinajstić information content (AvgIpc) is 2.90. The molecule has 0 spiro atoms. The van der Waals surface area contributed by atoms with E-state index in [1.54, 1.807) is 0 Å². The van der Waals surface area contributed by atoms with E-state index in [0.29, 0.717) is 0 Å². The predicted octanol–water partition coefficient (Wildman–Crippen LogP) is 3.21. The summed E-state index contributed by atoms with van der Waals surface area (Å²) in [7, 11) is 0. The van der Waals surface area contributed by atoms with Crippen LogP contribution in [-0.2, 0) is 12.8 Å². The lowest BCUT2D eigenvalue weighted by atomic mass is 9.93. The summed E-state index contributed by atoms with van der Waals surface area (Å²) in [6, 6.07) is 15.8. The zero-order valence-corrected chi connectivity index (χ0v) is 15.9. The highest BCUT2D eigenvalue weighted by atomic mass is 19.3. The van der Waals surface area contributed by atoms with Crippen LogP contribution < -0.4 is 10.4 Å². The molecule has 1 aromatic heterocycles. The van der Waals surface area contributed by atoms with Crippen molar-refractivity contribution in [2.75, 3.05) is 11.6 Å². The number of nitrogens with zero attached hydrogens (tertiary/aromatic N) is 2. The fourth-order valence-corrected chi connectivity index (χ4v) is 4.50. The summed E-state index contributed by atoms with van der Waals surface area (Å²) in [5.74, 6) is -6.26. The van der Waals surface area contributed by atoms with E-state index in [1.165, 1.54) is 15.9 Å². The number of Topliss-reactive ketones (excluding diaryl/α,β-unsaturated/α-hetero) is 1. The zero-order valence-electron chi connectivity index (χ0n) is 15.9. The monoisotopic (exact) mass is 408 g/mol. The Balaban J connectivity index is 1.81. The van der Waals surface area contributed by atoms with Gasteiger partial charge in [0, 0.05) is 12.3 Å². The van der Waals surface area contributed by atoms with E-state index in [9.17, 15) is 23.5 Å². The molecule has 30 heavy (non-hydrogen) atoms.